The molecule has 3 rings (SSSR count). The van der Waals surface area contributed by atoms with Crippen molar-refractivity contribution in [1.82, 2.24) is 10.2 Å². The smallest absolute Gasteiger partial charge is 0.151 e. The van der Waals surface area contributed by atoms with Gasteiger partial charge in [-0.05, 0) is 31.4 Å². The first-order valence-corrected chi connectivity index (χ1v) is 6.69. The number of aromatic nitrogens is 2. The number of hydrogen-bond donors (Lipinski definition) is 0. The zero-order chi connectivity index (χ0) is 11.7. The lowest BCUT2D eigenvalue weighted by Crippen LogP contribution is -2.49. The lowest BCUT2D eigenvalue weighted by molar-refractivity contribution is 0.0252. The average molecular weight is 254 g/mol. The summed E-state index contributed by atoms with van der Waals surface area (Å²) >= 11 is 5.72. The summed E-state index contributed by atoms with van der Waals surface area (Å²) in [5.41, 5.74) is 0.826. The van der Waals surface area contributed by atoms with Crippen LogP contribution in [0.1, 0.15) is 25.0 Å². The van der Waals surface area contributed by atoms with E-state index < -0.39 is 0 Å². The molecule has 4 nitrogen and oxygen atoms in total. The maximum absolute atomic E-state index is 5.79. The van der Waals surface area contributed by atoms with E-state index in [-0.39, 0.29) is 0 Å². The van der Waals surface area contributed by atoms with Gasteiger partial charge in [-0.25, -0.2) is 0 Å². The normalized spacial score (nSPS) is 28.2. The predicted molar refractivity (Wildman–Crippen MR) is 66.3 cm³/mol. The maximum atomic E-state index is 5.79. The molecule has 5 heteroatoms. The van der Waals surface area contributed by atoms with Crippen molar-refractivity contribution in [3.8, 4) is 0 Å². The molecule has 2 unspecified atom stereocenters. The Kier molecular flexibility index (Phi) is 3.16. The Labute approximate surface area is 106 Å². The Morgan fingerprint density at radius 3 is 3.06 bits per heavy atom. The zero-order valence-corrected chi connectivity index (χ0v) is 10.4. The van der Waals surface area contributed by atoms with Crippen LogP contribution in [-0.4, -0.2) is 35.5 Å². The molecule has 92 valence electrons. The molecule has 2 fully saturated rings. The second kappa shape index (κ2) is 4.78. The van der Waals surface area contributed by atoms with E-state index in [0.29, 0.717) is 18.0 Å². The Morgan fingerprint density at radius 2 is 2.29 bits per heavy atom. The van der Waals surface area contributed by atoms with Gasteiger partial charge in [0.1, 0.15) is 0 Å². The van der Waals surface area contributed by atoms with E-state index in [9.17, 15) is 0 Å². The first-order chi connectivity index (χ1) is 8.38. The van der Waals surface area contributed by atoms with E-state index in [0.717, 1.165) is 24.7 Å². The molecule has 0 bridgehead atoms. The van der Waals surface area contributed by atoms with Crippen LogP contribution in [0.2, 0.25) is 0 Å². The largest absolute Gasteiger partial charge is 0.374 e. The highest BCUT2D eigenvalue weighted by Gasteiger charge is 2.36. The van der Waals surface area contributed by atoms with E-state index in [1.54, 1.807) is 0 Å². The van der Waals surface area contributed by atoms with E-state index in [1.807, 2.05) is 12.1 Å². The number of alkyl halides is 1. The third-order valence-electron chi connectivity index (χ3n) is 3.62. The maximum Gasteiger partial charge on any atom is 0.151 e. The second-order valence-corrected chi connectivity index (χ2v) is 4.88. The summed E-state index contributed by atoms with van der Waals surface area (Å²) in [6.45, 7) is 1.70. The van der Waals surface area contributed by atoms with Gasteiger partial charge in [-0.2, -0.15) is 5.10 Å². The Morgan fingerprint density at radius 1 is 1.35 bits per heavy atom. The lowest BCUT2D eigenvalue weighted by atomic mass is 10.1. The van der Waals surface area contributed by atoms with Crippen LogP contribution in [0.4, 0.5) is 5.82 Å². The summed E-state index contributed by atoms with van der Waals surface area (Å²) in [5.74, 6) is 1.38. The molecule has 0 amide bonds. The Hall–Kier alpha value is -0.870. The van der Waals surface area contributed by atoms with Gasteiger partial charge in [0.05, 0.1) is 30.3 Å². The first-order valence-electron chi connectivity index (χ1n) is 6.15. The molecular weight excluding hydrogens is 238 g/mol. The van der Waals surface area contributed by atoms with E-state index in [2.05, 4.69) is 15.1 Å². The van der Waals surface area contributed by atoms with Crippen molar-refractivity contribution < 1.29 is 4.74 Å². The Bertz CT molecular complexity index is 384. The molecule has 0 aromatic carbocycles. The molecular formula is C12H16ClN3O. The second-order valence-electron chi connectivity index (χ2n) is 4.62. The number of nitrogens with zero attached hydrogens (tertiary/aromatic N) is 3. The van der Waals surface area contributed by atoms with Gasteiger partial charge >= 0.3 is 0 Å². The van der Waals surface area contributed by atoms with Crippen molar-refractivity contribution in [1.29, 1.82) is 0 Å². The van der Waals surface area contributed by atoms with Crippen LogP contribution in [0.25, 0.3) is 0 Å². The molecule has 1 aromatic heterocycles. The fourth-order valence-corrected chi connectivity index (χ4v) is 2.93. The van der Waals surface area contributed by atoms with Crippen LogP contribution in [0, 0.1) is 0 Å². The number of morpholine rings is 1. The summed E-state index contributed by atoms with van der Waals surface area (Å²) in [6, 6.07) is 4.46. The van der Waals surface area contributed by atoms with Gasteiger partial charge in [0, 0.05) is 6.54 Å². The van der Waals surface area contributed by atoms with Crippen molar-refractivity contribution >= 4 is 17.4 Å². The monoisotopic (exact) mass is 253 g/mol. The van der Waals surface area contributed by atoms with Crippen molar-refractivity contribution in [2.75, 3.05) is 18.1 Å². The Balaban J connectivity index is 1.81. The molecule has 0 radical (unpaired) electrons. The summed E-state index contributed by atoms with van der Waals surface area (Å²) in [4.78, 5) is 2.34. The predicted octanol–water partition coefficient (Wildman–Crippen LogP) is 1.97. The highest BCUT2D eigenvalue weighted by molar-refractivity contribution is 6.16. The van der Waals surface area contributed by atoms with E-state index >= 15 is 0 Å². The SMILES string of the molecule is ClCc1ccc(N2CCOC3CCCC32)nn1. The van der Waals surface area contributed by atoms with Gasteiger partial charge in [-0.15, -0.1) is 16.7 Å². The molecule has 1 saturated heterocycles. The fraction of sp³-hybridized carbons (Fsp3) is 0.667. The molecule has 1 aliphatic heterocycles. The fourth-order valence-electron chi connectivity index (χ4n) is 2.79. The van der Waals surface area contributed by atoms with Crippen LogP contribution in [0.3, 0.4) is 0 Å². The third kappa shape index (κ3) is 2.11. The number of halogens is 1. The minimum atomic E-state index is 0.387. The summed E-state index contributed by atoms with van der Waals surface area (Å²) in [7, 11) is 0. The van der Waals surface area contributed by atoms with Crippen LogP contribution < -0.4 is 4.90 Å². The van der Waals surface area contributed by atoms with Crippen molar-refractivity contribution in [3.63, 3.8) is 0 Å². The number of ether oxygens (including phenoxy) is 1. The number of fused-ring (bicyclic) bond motifs is 1. The zero-order valence-electron chi connectivity index (χ0n) is 9.68. The van der Waals surface area contributed by atoms with E-state index in [1.165, 1.54) is 19.3 Å². The van der Waals surface area contributed by atoms with Crippen molar-refractivity contribution in [2.45, 2.75) is 37.3 Å². The quantitative estimate of drug-likeness (QED) is 0.756. The van der Waals surface area contributed by atoms with Crippen LogP contribution >= 0.6 is 11.6 Å². The third-order valence-corrected chi connectivity index (χ3v) is 3.89. The summed E-state index contributed by atoms with van der Waals surface area (Å²) in [5, 5.41) is 8.39. The molecule has 1 aromatic rings. The van der Waals surface area contributed by atoms with Crippen LogP contribution in [0.5, 0.6) is 0 Å². The topological polar surface area (TPSA) is 38.2 Å². The van der Waals surface area contributed by atoms with Crippen LogP contribution in [0.15, 0.2) is 12.1 Å². The average Bonchev–Trinajstić information content (AvgIpc) is 2.87. The summed E-state index contributed by atoms with van der Waals surface area (Å²) in [6.07, 6.45) is 4.01. The molecule has 17 heavy (non-hydrogen) atoms. The molecule has 2 atom stereocenters. The lowest BCUT2D eigenvalue weighted by Gasteiger charge is -2.38. The molecule has 1 saturated carbocycles. The number of anilines is 1. The van der Waals surface area contributed by atoms with Gasteiger partial charge in [-0.1, -0.05) is 0 Å². The van der Waals surface area contributed by atoms with Crippen molar-refractivity contribution in [2.24, 2.45) is 0 Å². The standard InChI is InChI=1S/C12H16ClN3O/c13-8-9-4-5-12(15-14-9)16-6-7-17-11-3-1-2-10(11)16/h4-5,10-11H,1-3,6-8H2. The molecule has 0 spiro atoms. The molecule has 1 aliphatic carbocycles. The number of hydrogen-bond acceptors (Lipinski definition) is 4. The van der Waals surface area contributed by atoms with Gasteiger partial charge in [-0.3, -0.25) is 0 Å². The van der Waals surface area contributed by atoms with Crippen LogP contribution in [-0.2, 0) is 10.6 Å². The minimum Gasteiger partial charge on any atom is -0.374 e. The highest BCUT2D eigenvalue weighted by atomic mass is 35.5. The van der Waals surface area contributed by atoms with Crippen molar-refractivity contribution in [3.05, 3.63) is 17.8 Å². The number of rotatable bonds is 2. The first kappa shape index (κ1) is 11.2. The van der Waals surface area contributed by atoms with Gasteiger partial charge in [0.15, 0.2) is 5.82 Å². The van der Waals surface area contributed by atoms with Gasteiger partial charge in [0.2, 0.25) is 0 Å². The van der Waals surface area contributed by atoms with E-state index in [4.69, 9.17) is 16.3 Å². The van der Waals surface area contributed by atoms with Gasteiger partial charge in [0.25, 0.3) is 0 Å². The highest BCUT2D eigenvalue weighted by Crippen LogP contribution is 2.31. The van der Waals surface area contributed by atoms with Gasteiger partial charge < -0.3 is 9.64 Å². The summed E-state index contributed by atoms with van der Waals surface area (Å²) < 4.78 is 5.79. The molecule has 2 heterocycles. The minimum absolute atomic E-state index is 0.387. The molecule has 0 N–H and O–H groups in total. The molecule has 2 aliphatic rings.